The lowest BCUT2D eigenvalue weighted by atomic mass is 9.91. The van der Waals surface area contributed by atoms with Gasteiger partial charge in [-0.05, 0) is 49.3 Å². The molecule has 1 aliphatic rings. The minimum atomic E-state index is -5.62. The lowest BCUT2D eigenvalue weighted by molar-refractivity contribution is -0.254. The van der Waals surface area contributed by atoms with E-state index in [4.69, 9.17) is 0 Å². The molecule has 0 saturated carbocycles. The van der Waals surface area contributed by atoms with Gasteiger partial charge in [-0.15, -0.1) is 34.1 Å². The summed E-state index contributed by atoms with van der Waals surface area (Å²) in [4.78, 5) is 0.483. The summed E-state index contributed by atoms with van der Waals surface area (Å²) in [6, 6.07) is 9.47. The molecule has 0 spiro atoms. The van der Waals surface area contributed by atoms with Gasteiger partial charge in [0.05, 0.1) is 0 Å². The number of benzene rings is 2. The summed E-state index contributed by atoms with van der Waals surface area (Å²) in [5.74, 6) is -15.9. The Kier molecular flexibility index (Phi) is 5.74. The highest BCUT2D eigenvalue weighted by atomic mass is 32.1. The average molecular weight is 545 g/mol. The normalized spacial score (nSPS) is 17.7. The number of aryl methyl sites for hydroxylation is 2. The Morgan fingerprint density at radius 3 is 1.41 bits per heavy atom. The summed E-state index contributed by atoms with van der Waals surface area (Å²) in [6.45, 7) is 9.96. The van der Waals surface area contributed by atoms with Crippen LogP contribution in [-0.2, 0) is 0 Å². The molecule has 0 radical (unpaired) electrons. The lowest BCUT2D eigenvalue weighted by Crippen LogP contribution is -2.48. The highest BCUT2D eigenvalue weighted by Crippen LogP contribution is 2.67. The fourth-order valence-corrected chi connectivity index (χ4v) is 7.13. The zero-order valence-corrected chi connectivity index (χ0v) is 21.3. The molecule has 8 heteroatoms. The smallest absolute Gasteiger partial charge is 0.194 e. The SMILES string of the molecule is C=C=Cc1ccc2c(C3=C(c4c(C)sc5cc(C=C=C)ccc45)C(F)(F)C(F)(F)C3(F)F)c(C)sc2c1. The van der Waals surface area contributed by atoms with E-state index in [0.29, 0.717) is 20.5 Å². The molecule has 0 nitrogen and oxygen atoms in total. The second kappa shape index (κ2) is 8.37. The van der Waals surface area contributed by atoms with Crippen LogP contribution in [0.5, 0.6) is 0 Å². The number of allylic oxidation sites excluding steroid dienone is 2. The molecule has 2 aromatic carbocycles. The summed E-state index contributed by atoms with van der Waals surface area (Å²) in [5, 5.41) is 0.417. The van der Waals surface area contributed by atoms with Gasteiger partial charge in [-0.2, -0.15) is 26.3 Å². The van der Waals surface area contributed by atoms with Gasteiger partial charge in [-0.1, -0.05) is 37.4 Å². The van der Waals surface area contributed by atoms with Gasteiger partial charge >= 0.3 is 17.8 Å². The van der Waals surface area contributed by atoms with Crippen molar-refractivity contribution >= 4 is 66.1 Å². The molecular weight excluding hydrogens is 526 g/mol. The van der Waals surface area contributed by atoms with E-state index < -0.39 is 28.9 Å². The number of halogens is 6. The molecule has 37 heavy (non-hydrogen) atoms. The summed E-state index contributed by atoms with van der Waals surface area (Å²) >= 11 is 2.16. The van der Waals surface area contributed by atoms with Crippen molar-refractivity contribution in [1.29, 1.82) is 0 Å². The summed E-state index contributed by atoms with van der Waals surface area (Å²) in [5.41, 5.74) is 3.36. The Labute approximate surface area is 216 Å². The zero-order valence-electron chi connectivity index (χ0n) is 19.6. The van der Waals surface area contributed by atoms with Crippen molar-refractivity contribution in [3.63, 3.8) is 0 Å². The molecule has 2 heterocycles. The molecule has 0 unspecified atom stereocenters. The summed E-state index contributed by atoms with van der Waals surface area (Å²) in [7, 11) is 0. The van der Waals surface area contributed by atoms with Crippen molar-refractivity contribution in [2.45, 2.75) is 31.6 Å². The fourth-order valence-electron chi connectivity index (χ4n) is 4.90. The molecule has 0 bridgehead atoms. The number of hydrogen-bond acceptors (Lipinski definition) is 2. The van der Waals surface area contributed by atoms with Gasteiger partial charge in [0.15, 0.2) is 0 Å². The van der Waals surface area contributed by atoms with Crippen LogP contribution in [0.2, 0.25) is 0 Å². The predicted octanol–water partition coefficient (Wildman–Crippen LogP) is 10.2. The van der Waals surface area contributed by atoms with Gasteiger partial charge in [-0.3, -0.25) is 0 Å². The molecule has 0 fully saturated rings. The van der Waals surface area contributed by atoms with Crippen LogP contribution in [0, 0.1) is 13.8 Å². The lowest BCUT2D eigenvalue weighted by Gasteiger charge is -2.26. The highest BCUT2D eigenvalue weighted by Gasteiger charge is 2.80. The Balaban J connectivity index is 1.93. The van der Waals surface area contributed by atoms with E-state index in [0.717, 1.165) is 22.7 Å². The number of hydrogen-bond donors (Lipinski definition) is 0. The van der Waals surface area contributed by atoms with Crippen molar-refractivity contribution in [2.24, 2.45) is 0 Å². The zero-order chi connectivity index (χ0) is 26.9. The molecule has 188 valence electrons. The number of alkyl halides is 6. The van der Waals surface area contributed by atoms with E-state index in [9.17, 15) is 0 Å². The topological polar surface area (TPSA) is 0 Å². The third-order valence-electron chi connectivity index (χ3n) is 6.48. The third kappa shape index (κ3) is 3.44. The van der Waals surface area contributed by atoms with Gasteiger partial charge in [0, 0.05) is 52.2 Å². The Hall–Kier alpha value is -3.28. The minimum Gasteiger partial charge on any atom is -0.194 e. The number of fused-ring (bicyclic) bond motifs is 2. The highest BCUT2D eigenvalue weighted by molar-refractivity contribution is 7.19. The molecule has 0 saturated heterocycles. The van der Waals surface area contributed by atoms with Crippen molar-refractivity contribution in [3.8, 4) is 0 Å². The molecule has 0 N–H and O–H groups in total. The Morgan fingerprint density at radius 1 is 0.676 bits per heavy atom. The molecule has 0 aliphatic heterocycles. The largest absolute Gasteiger partial charge is 0.380 e. The Morgan fingerprint density at radius 2 is 1.05 bits per heavy atom. The quantitative estimate of drug-likeness (QED) is 0.177. The fraction of sp³-hybridized carbons (Fsp3) is 0.172. The first-order chi connectivity index (χ1) is 17.4. The third-order valence-corrected chi connectivity index (χ3v) is 8.62. The standard InChI is InChI=1S/C29H18F6S2/c1-5-7-17-9-11-19-21(13-17)36-15(3)23(19)25-26(28(32,33)29(34,35)27(25,30)31)24-16(4)37-22-14-18(8-6-2)10-12-20(22)24/h7-14H,1-2H2,3-4H3. The molecule has 2 aromatic heterocycles. The van der Waals surface area contributed by atoms with Gasteiger partial charge in [0.1, 0.15) is 0 Å². The predicted molar refractivity (Wildman–Crippen MR) is 142 cm³/mol. The van der Waals surface area contributed by atoms with E-state index >= 15 is 26.3 Å². The number of thiophene rings is 2. The maximum absolute atomic E-state index is 15.6. The van der Waals surface area contributed by atoms with Crippen LogP contribution in [0.25, 0.3) is 43.5 Å². The van der Waals surface area contributed by atoms with Gasteiger partial charge in [0.25, 0.3) is 0 Å². The second-order valence-corrected chi connectivity index (χ2v) is 11.3. The van der Waals surface area contributed by atoms with Gasteiger partial charge < -0.3 is 0 Å². The van der Waals surface area contributed by atoms with E-state index in [1.807, 2.05) is 0 Å². The van der Waals surface area contributed by atoms with Crippen molar-refractivity contribution in [2.75, 3.05) is 0 Å². The molecular formula is C29H18F6S2. The van der Waals surface area contributed by atoms with E-state index in [1.54, 1.807) is 36.4 Å². The first-order valence-corrected chi connectivity index (χ1v) is 12.7. The molecule has 0 atom stereocenters. The van der Waals surface area contributed by atoms with Gasteiger partial charge in [-0.25, -0.2) is 0 Å². The average Bonchev–Trinajstić information content (AvgIpc) is 3.34. The van der Waals surface area contributed by atoms with Crippen LogP contribution in [0.4, 0.5) is 26.3 Å². The van der Waals surface area contributed by atoms with Crippen molar-refractivity contribution < 1.29 is 26.3 Å². The second-order valence-electron chi connectivity index (χ2n) is 8.75. The maximum atomic E-state index is 15.6. The monoisotopic (exact) mass is 544 g/mol. The minimum absolute atomic E-state index is 0.208. The van der Waals surface area contributed by atoms with E-state index in [2.05, 4.69) is 24.6 Å². The molecule has 1 aliphatic carbocycles. The molecule has 4 aromatic rings. The Bertz CT molecular complexity index is 1610. The summed E-state index contributed by atoms with van der Waals surface area (Å²) in [6.07, 6.45) is 3.14. The molecule has 5 rings (SSSR count). The van der Waals surface area contributed by atoms with Crippen molar-refractivity contribution in [1.82, 2.24) is 0 Å². The maximum Gasteiger partial charge on any atom is 0.380 e. The summed E-state index contributed by atoms with van der Waals surface area (Å²) < 4.78 is 93.3. The van der Waals surface area contributed by atoms with Crippen LogP contribution in [-0.4, -0.2) is 17.8 Å². The molecule has 0 amide bonds. The van der Waals surface area contributed by atoms with Crippen LogP contribution >= 0.6 is 22.7 Å². The first kappa shape index (κ1) is 25.4. The van der Waals surface area contributed by atoms with E-state index in [-0.39, 0.29) is 31.7 Å². The first-order valence-electron chi connectivity index (χ1n) is 11.0. The van der Waals surface area contributed by atoms with Crippen LogP contribution < -0.4 is 0 Å². The van der Waals surface area contributed by atoms with Crippen LogP contribution in [0.15, 0.2) is 61.0 Å². The number of rotatable bonds is 4. The van der Waals surface area contributed by atoms with E-state index in [1.165, 1.54) is 26.0 Å². The van der Waals surface area contributed by atoms with Crippen molar-refractivity contribution in [3.05, 3.63) is 93.0 Å². The van der Waals surface area contributed by atoms with Crippen LogP contribution in [0.3, 0.4) is 0 Å². The van der Waals surface area contributed by atoms with Crippen LogP contribution in [0.1, 0.15) is 32.0 Å². The van der Waals surface area contributed by atoms with Gasteiger partial charge in [0.2, 0.25) is 0 Å².